The van der Waals surface area contributed by atoms with Gasteiger partial charge in [0.25, 0.3) is 10.1 Å². The lowest BCUT2D eigenvalue weighted by Crippen LogP contribution is -2.36. The van der Waals surface area contributed by atoms with Crippen molar-refractivity contribution in [2.75, 3.05) is 19.3 Å². The van der Waals surface area contributed by atoms with Gasteiger partial charge in [-0.1, -0.05) is 0 Å². The molecule has 0 spiro atoms. The van der Waals surface area contributed by atoms with Gasteiger partial charge in [-0.25, -0.2) is 0 Å². The van der Waals surface area contributed by atoms with Crippen molar-refractivity contribution in [2.45, 2.75) is 12.8 Å². The van der Waals surface area contributed by atoms with E-state index >= 15 is 0 Å². The Morgan fingerprint density at radius 2 is 1.46 bits per heavy atom. The summed E-state index contributed by atoms with van der Waals surface area (Å²) in [6, 6.07) is 0. The van der Waals surface area contributed by atoms with E-state index in [2.05, 4.69) is 0 Å². The summed E-state index contributed by atoms with van der Waals surface area (Å²) in [5.41, 5.74) is 10.9. The zero-order chi connectivity index (χ0) is 10.5. The van der Waals surface area contributed by atoms with Crippen LogP contribution in [0.3, 0.4) is 0 Å². The fourth-order valence-corrected chi connectivity index (χ4v) is 1.26. The van der Waals surface area contributed by atoms with Gasteiger partial charge >= 0.3 is 0 Å². The van der Waals surface area contributed by atoms with E-state index < -0.39 is 10.1 Å². The minimum Gasteiger partial charge on any atom is -0.330 e. The molecule has 0 aromatic carbocycles. The van der Waals surface area contributed by atoms with E-state index in [1.54, 1.807) is 0 Å². The third-order valence-electron chi connectivity index (χ3n) is 2.18. The van der Waals surface area contributed by atoms with Crippen molar-refractivity contribution >= 4 is 10.1 Å². The van der Waals surface area contributed by atoms with Crippen LogP contribution in [0.4, 0.5) is 0 Å². The van der Waals surface area contributed by atoms with Gasteiger partial charge in [-0.15, -0.1) is 0 Å². The summed E-state index contributed by atoms with van der Waals surface area (Å²) >= 11 is 0. The molecule has 0 aromatic rings. The quantitative estimate of drug-likeness (QED) is 0.529. The molecule has 2 atom stereocenters. The second-order valence-corrected chi connectivity index (χ2v) is 4.77. The first-order valence-corrected chi connectivity index (χ1v) is 6.06. The van der Waals surface area contributed by atoms with Crippen molar-refractivity contribution in [3.05, 3.63) is 0 Å². The van der Waals surface area contributed by atoms with Gasteiger partial charge in [0.15, 0.2) is 0 Å². The van der Waals surface area contributed by atoms with E-state index in [0.29, 0.717) is 6.26 Å². The number of nitrogens with two attached hydrogens (primary N) is 2. The fraction of sp³-hybridized carbons (Fsp3) is 1.00. The van der Waals surface area contributed by atoms with E-state index in [-0.39, 0.29) is 0 Å². The van der Waals surface area contributed by atoms with Gasteiger partial charge in [-0.05, 0) is 37.8 Å². The van der Waals surface area contributed by atoms with Crippen LogP contribution in [0.2, 0.25) is 0 Å². The predicted octanol–water partition coefficient (Wildman–Crippen LogP) is -0.566. The minimum atomic E-state index is -3.67. The zero-order valence-corrected chi connectivity index (χ0v) is 8.63. The Morgan fingerprint density at radius 1 is 1.23 bits per heavy atom. The molecule has 1 aliphatic carbocycles. The molecule has 13 heavy (non-hydrogen) atoms. The first-order valence-electron chi connectivity index (χ1n) is 4.21. The number of hydrogen-bond donors (Lipinski definition) is 3. The molecule has 5 nitrogen and oxygen atoms in total. The van der Waals surface area contributed by atoms with Crippen molar-refractivity contribution in [2.24, 2.45) is 23.3 Å². The number of rotatable bonds is 2. The maximum atomic E-state index is 9.19. The van der Waals surface area contributed by atoms with Crippen molar-refractivity contribution in [3.63, 3.8) is 0 Å². The summed E-state index contributed by atoms with van der Waals surface area (Å²) in [6.07, 6.45) is 3.32. The molecule has 0 unspecified atom stereocenters. The topological polar surface area (TPSA) is 106 Å². The second-order valence-electron chi connectivity index (χ2n) is 3.30. The standard InChI is InChI=1S/C6H14N2.CH4O3S/c7-3-5-1-2-6(5)4-8;1-5(2,3)4/h5-6H,1-4,7-8H2;1H3,(H,2,3,4)/t5-,6-;/m0./s1. The molecular formula is C7H18N2O3S. The van der Waals surface area contributed by atoms with Crippen LogP contribution in [0, 0.1) is 11.8 Å². The third-order valence-corrected chi connectivity index (χ3v) is 2.18. The van der Waals surface area contributed by atoms with Gasteiger partial charge in [0.2, 0.25) is 0 Å². The lowest BCUT2D eigenvalue weighted by Gasteiger charge is -2.34. The van der Waals surface area contributed by atoms with Gasteiger partial charge in [-0.3, -0.25) is 4.55 Å². The smallest absolute Gasteiger partial charge is 0.261 e. The predicted molar refractivity (Wildman–Crippen MR) is 51.8 cm³/mol. The van der Waals surface area contributed by atoms with Crippen LogP contribution in [-0.2, 0) is 10.1 Å². The van der Waals surface area contributed by atoms with Crippen LogP contribution >= 0.6 is 0 Å². The molecule has 80 valence electrons. The van der Waals surface area contributed by atoms with Crippen LogP contribution in [0.1, 0.15) is 12.8 Å². The second kappa shape index (κ2) is 5.54. The van der Waals surface area contributed by atoms with Crippen molar-refractivity contribution in [1.29, 1.82) is 0 Å². The molecule has 1 fully saturated rings. The highest BCUT2D eigenvalue weighted by Crippen LogP contribution is 2.31. The lowest BCUT2D eigenvalue weighted by molar-refractivity contribution is 0.192. The van der Waals surface area contributed by atoms with Crippen LogP contribution < -0.4 is 11.5 Å². The van der Waals surface area contributed by atoms with E-state index in [1.807, 2.05) is 0 Å². The molecule has 6 heteroatoms. The lowest BCUT2D eigenvalue weighted by atomic mass is 9.74. The molecule has 1 rings (SSSR count). The van der Waals surface area contributed by atoms with Crippen LogP contribution in [0.15, 0.2) is 0 Å². The minimum absolute atomic E-state index is 0.715. The summed E-state index contributed by atoms with van der Waals surface area (Å²) in [5, 5.41) is 0. The summed E-state index contributed by atoms with van der Waals surface area (Å²) in [6.45, 7) is 1.67. The van der Waals surface area contributed by atoms with Crippen molar-refractivity contribution in [1.82, 2.24) is 0 Å². The van der Waals surface area contributed by atoms with Gasteiger partial charge in [-0.2, -0.15) is 8.42 Å². The highest BCUT2D eigenvalue weighted by atomic mass is 32.2. The normalized spacial score (nSPS) is 27.1. The van der Waals surface area contributed by atoms with Crippen LogP contribution in [0.5, 0.6) is 0 Å². The molecule has 0 aliphatic heterocycles. The Hall–Kier alpha value is -0.170. The summed E-state index contributed by atoms with van der Waals surface area (Å²) in [4.78, 5) is 0. The molecule has 5 N–H and O–H groups in total. The average molecular weight is 210 g/mol. The molecule has 0 bridgehead atoms. The Bertz CT molecular complexity index is 206. The maximum Gasteiger partial charge on any atom is 0.261 e. The van der Waals surface area contributed by atoms with Gasteiger partial charge < -0.3 is 11.5 Å². The summed E-state index contributed by atoms with van der Waals surface area (Å²) in [5.74, 6) is 1.50. The van der Waals surface area contributed by atoms with Crippen molar-refractivity contribution in [3.8, 4) is 0 Å². The first kappa shape index (κ1) is 12.8. The average Bonchev–Trinajstić information content (AvgIpc) is 1.83. The molecule has 1 aliphatic rings. The highest BCUT2D eigenvalue weighted by molar-refractivity contribution is 7.85. The SMILES string of the molecule is CS(=O)(=O)O.NC[C@@H]1CC[C@H]1CN. The van der Waals surface area contributed by atoms with E-state index in [1.165, 1.54) is 12.8 Å². The van der Waals surface area contributed by atoms with Gasteiger partial charge in [0, 0.05) is 0 Å². The largest absolute Gasteiger partial charge is 0.330 e. The Labute approximate surface area is 79.2 Å². The summed E-state index contributed by atoms with van der Waals surface area (Å²) in [7, 11) is -3.67. The van der Waals surface area contributed by atoms with Crippen LogP contribution in [-0.4, -0.2) is 32.3 Å². The fourth-order valence-electron chi connectivity index (χ4n) is 1.26. The molecule has 0 radical (unpaired) electrons. The molecule has 1 saturated carbocycles. The molecule has 0 saturated heterocycles. The van der Waals surface area contributed by atoms with Gasteiger partial charge in [0.1, 0.15) is 0 Å². The van der Waals surface area contributed by atoms with E-state index in [0.717, 1.165) is 24.9 Å². The third kappa shape index (κ3) is 6.94. The van der Waals surface area contributed by atoms with E-state index in [4.69, 9.17) is 16.0 Å². The molecule has 0 heterocycles. The summed E-state index contributed by atoms with van der Waals surface area (Å²) < 4.78 is 25.9. The molecule has 0 amide bonds. The Kier molecular flexibility index (Phi) is 5.46. The Balaban J connectivity index is 0.000000252. The van der Waals surface area contributed by atoms with Crippen LogP contribution in [0.25, 0.3) is 0 Å². The van der Waals surface area contributed by atoms with E-state index in [9.17, 15) is 8.42 Å². The van der Waals surface area contributed by atoms with Crippen molar-refractivity contribution < 1.29 is 13.0 Å². The highest BCUT2D eigenvalue weighted by Gasteiger charge is 2.27. The van der Waals surface area contributed by atoms with Gasteiger partial charge in [0.05, 0.1) is 6.26 Å². The maximum absolute atomic E-state index is 9.19. The Morgan fingerprint density at radius 3 is 1.54 bits per heavy atom. The zero-order valence-electron chi connectivity index (χ0n) is 7.81. The molecular weight excluding hydrogens is 192 g/mol. The number of hydrogen-bond acceptors (Lipinski definition) is 4. The molecule has 0 aromatic heterocycles. The monoisotopic (exact) mass is 210 g/mol. The first-order chi connectivity index (χ1) is 5.88.